The van der Waals surface area contributed by atoms with Gasteiger partial charge in [-0.15, -0.1) is 0 Å². The summed E-state index contributed by atoms with van der Waals surface area (Å²) in [5, 5.41) is 20.4. The molecule has 0 aromatic heterocycles. The van der Waals surface area contributed by atoms with Gasteiger partial charge in [0.15, 0.2) is 0 Å². The second kappa shape index (κ2) is 11.2. The number of fused-ring (bicyclic) bond motifs is 4. The fraction of sp³-hybridized carbons (Fsp3) is 0.516. The summed E-state index contributed by atoms with van der Waals surface area (Å²) in [7, 11) is -4.14. The predicted octanol–water partition coefficient (Wildman–Crippen LogP) is 3.97. The van der Waals surface area contributed by atoms with Crippen LogP contribution in [0.2, 0.25) is 5.02 Å². The number of nitrogens with zero attached hydrogens (tertiary/aromatic N) is 1. The van der Waals surface area contributed by atoms with Crippen LogP contribution in [0.1, 0.15) is 60.0 Å². The van der Waals surface area contributed by atoms with E-state index in [1.807, 2.05) is 6.07 Å². The van der Waals surface area contributed by atoms with E-state index < -0.39 is 33.9 Å². The number of rotatable bonds is 1. The molecule has 2 aliphatic carbocycles. The van der Waals surface area contributed by atoms with E-state index in [0.29, 0.717) is 31.9 Å². The van der Waals surface area contributed by atoms with Crippen LogP contribution in [0.4, 0.5) is 5.69 Å². The molecule has 0 unspecified atom stereocenters. The molecule has 6 rings (SSSR count). The molecule has 1 saturated carbocycles. The van der Waals surface area contributed by atoms with E-state index in [2.05, 4.69) is 21.8 Å². The molecule has 2 aromatic carbocycles. The van der Waals surface area contributed by atoms with Gasteiger partial charge < -0.3 is 19.8 Å². The zero-order valence-electron chi connectivity index (χ0n) is 23.0. The van der Waals surface area contributed by atoms with Crippen LogP contribution in [0.25, 0.3) is 0 Å². The smallest absolute Gasteiger partial charge is 0.264 e. The number of hydrogen-bond donors (Lipinski definition) is 3. The number of anilines is 1. The number of aryl methyl sites for hydroxylation is 1. The van der Waals surface area contributed by atoms with Crippen LogP contribution < -0.4 is 14.4 Å². The number of carbonyl (C=O) groups excluding carboxylic acids is 1. The van der Waals surface area contributed by atoms with E-state index in [0.717, 1.165) is 42.8 Å². The highest BCUT2D eigenvalue weighted by Crippen LogP contribution is 2.46. The molecule has 10 heteroatoms. The lowest BCUT2D eigenvalue weighted by Crippen LogP contribution is -2.49. The number of ether oxygens (including phenoxy) is 1. The summed E-state index contributed by atoms with van der Waals surface area (Å²) < 4.78 is 34.6. The molecule has 3 N–H and O–H groups in total. The Bertz CT molecular complexity index is 1460. The molecule has 0 radical (unpaired) electrons. The molecule has 8 nitrogen and oxygen atoms in total. The van der Waals surface area contributed by atoms with Crippen molar-refractivity contribution in [2.24, 2.45) is 11.8 Å². The number of carbonyl (C=O) groups is 1. The summed E-state index contributed by atoms with van der Waals surface area (Å²) in [5.74, 6) is 0.301. The average Bonchev–Trinajstić information content (AvgIpc) is 3.07. The van der Waals surface area contributed by atoms with Gasteiger partial charge in [0.2, 0.25) is 10.0 Å². The Morgan fingerprint density at radius 3 is 2.73 bits per heavy atom. The van der Waals surface area contributed by atoms with Crippen LogP contribution >= 0.6 is 11.6 Å². The lowest BCUT2D eigenvalue weighted by atomic mass is 9.68. The number of aliphatic hydroxyl groups excluding tert-OH is 2. The van der Waals surface area contributed by atoms with Gasteiger partial charge in [0, 0.05) is 29.1 Å². The Labute approximate surface area is 246 Å². The third kappa shape index (κ3) is 5.49. The molecule has 2 aromatic rings. The quantitative estimate of drug-likeness (QED) is 0.424. The lowest BCUT2D eigenvalue weighted by molar-refractivity contribution is 0.0177. The van der Waals surface area contributed by atoms with Crippen LogP contribution in [-0.2, 0) is 21.9 Å². The number of hydrogen-bond acceptors (Lipinski definition) is 7. The lowest BCUT2D eigenvalue weighted by Gasteiger charge is -2.45. The van der Waals surface area contributed by atoms with Crippen molar-refractivity contribution in [1.29, 1.82) is 0 Å². The number of sulfonamides is 1. The zero-order valence-corrected chi connectivity index (χ0v) is 24.5. The second-order valence-electron chi connectivity index (χ2n) is 12.1. The molecule has 41 heavy (non-hydrogen) atoms. The first-order chi connectivity index (χ1) is 19.7. The van der Waals surface area contributed by atoms with Gasteiger partial charge in [0.05, 0.1) is 25.0 Å². The maximum Gasteiger partial charge on any atom is 0.264 e. The first kappa shape index (κ1) is 28.5. The molecule has 1 amide bonds. The van der Waals surface area contributed by atoms with Gasteiger partial charge in [0.25, 0.3) is 5.91 Å². The van der Waals surface area contributed by atoms with Gasteiger partial charge in [-0.25, -0.2) is 13.1 Å². The molecule has 5 atom stereocenters. The summed E-state index contributed by atoms with van der Waals surface area (Å²) in [6.07, 6.45) is 8.21. The summed E-state index contributed by atoms with van der Waals surface area (Å²) in [4.78, 5) is 15.5. The van der Waals surface area contributed by atoms with Crippen molar-refractivity contribution in [3.8, 4) is 5.75 Å². The Balaban J connectivity index is 1.42. The monoisotopic (exact) mass is 600 g/mol. The molecule has 2 aliphatic heterocycles. The molecule has 1 fully saturated rings. The fourth-order valence-corrected chi connectivity index (χ4v) is 8.39. The van der Waals surface area contributed by atoms with Crippen LogP contribution in [0.5, 0.6) is 5.75 Å². The van der Waals surface area contributed by atoms with Crippen LogP contribution in [-0.4, -0.2) is 62.2 Å². The van der Waals surface area contributed by atoms with Gasteiger partial charge in [-0.05, 0) is 98.2 Å². The molecular weight excluding hydrogens is 564 g/mol. The normalized spacial score (nSPS) is 32.0. The minimum absolute atomic E-state index is 0.0422. The molecule has 220 valence electrons. The first-order valence-electron chi connectivity index (χ1n) is 14.5. The molecule has 2 heterocycles. The Morgan fingerprint density at radius 1 is 1.12 bits per heavy atom. The van der Waals surface area contributed by atoms with E-state index >= 15 is 0 Å². The van der Waals surface area contributed by atoms with Crippen molar-refractivity contribution in [3.63, 3.8) is 0 Å². The standard InChI is InChI=1S/C31H37ClN2O6S/c32-23-9-11-26-20(14-23)4-3-13-31(26)18-34-16-22-7-10-25(22)28(36)6-2-1-5-24(17-35)41(38,39)33-30(37)21-8-12-29(40-19-31)27(34)15-21/h1-2,8-9,11-12,14-15,22,24-25,28,35-36H,3-7,10,13,16-19H2,(H,33,37)/b2-1-/t22-,24+,25+,28-,31-/m0/s1. The Hall–Kier alpha value is -2.59. The van der Waals surface area contributed by atoms with Gasteiger partial charge in [-0.2, -0.15) is 0 Å². The van der Waals surface area contributed by atoms with Crippen LogP contribution in [0.15, 0.2) is 48.6 Å². The summed E-state index contributed by atoms with van der Waals surface area (Å²) >= 11 is 6.37. The topological polar surface area (TPSA) is 116 Å². The van der Waals surface area contributed by atoms with Gasteiger partial charge in [0.1, 0.15) is 11.0 Å². The highest BCUT2D eigenvalue weighted by atomic mass is 35.5. The molecular formula is C31H37ClN2O6S. The summed E-state index contributed by atoms with van der Waals surface area (Å²) in [6.45, 7) is 1.22. The molecule has 2 bridgehead atoms. The van der Waals surface area contributed by atoms with Gasteiger partial charge >= 0.3 is 0 Å². The SMILES string of the molecule is O=C1NS(=O)(=O)[C@@H](CO)C/C=C\C[C@H](O)[C@@H]2CC[C@H]2CN2C[C@@]3(CCCc4cc(Cl)ccc43)COc3ccc1cc32. The number of aliphatic hydroxyl groups is 2. The fourth-order valence-electron chi connectivity index (χ4n) is 7.10. The largest absolute Gasteiger partial charge is 0.490 e. The number of amides is 1. The van der Waals surface area contributed by atoms with E-state index in [4.69, 9.17) is 16.3 Å². The van der Waals surface area contributed by atoms with Crippen molar-refractivity contribution >= 4 is 33.2 Å². The number of benzene rings is 2. The third-order valence-electron chi connectivity index (χ3n) is 9.55. The maximum absolute atomic E-state index is 13.2. The number of halogens is 1. The molecule has 0 saturated heterocycles. The van der Waals surface area contributed by atoms with Gasteiger partial charge in [-0.1, -0.05) is 29.8 Å². The van der Waals surface area contributed by atoms with E-state index in [1.54, 1.807) is 30.4 Å². The van der Waals surface area contributed by atoms with Gasteiger partial charge in [-0.3, -0.25) is 4.79 Å². The van der Waals surface area contributed by atoms with Crippen molar-refractivity contribution in [3.05, 3.63) is 70.3 Å². The van der Waals surface area contributed by atoms with E-state index in [1.165, 1.54) is 11.1 Å². The minimum Gasteiger partial charge on any atom is -0.490 e. The van der Waals surface area contributed by atoms with E-state index in [-0.39, 0.29) is 29.2 Å². The van der Waals surface area contributed by atoms with E-state index in [9.17, 15) is 23.4 Å². The van der Waals surface area contributed by atoms with Crippen LogP contribution in [0, 0.1) is 11.8 Å². The van der Waals surface area contributed by atoms with Crippen molar-refractivity contribution < 1.29 is 28.2 Å². The maximum atomic E-state index is 13.2. The van der Waals surface area contributed by atoms with Crippen molar-refractivity contribution in [2.75, 3.05) is 31.2 Å². The molecule has 1 spiro atoms. The predicted molar refractivity (Wildman–Crippen MR) is 158 cm³/mol. The number of nitrogens with one attached hydrogen (secondary N) is 1. The minimum atomic E-state index is -4.14. The highest BCUT2D eigenvalue weighted by molar-refractivity contribution is 7.90. The highest BCUT2D eigenvalue weighted by Gasteiger charge is 2.44. The Kier molecular flexibility index (Phi) is 7.82. The first-order valence-corrected chi connectivity index (χ1v) is 16.4. The van der Waals surface area contributed by atoms with Crippen molar-refractivity contribution in [1.82, 2.24) is 4.72 Å². The van der Waals surface area contributed by atoms with Crippen LogP contribution in [0.3, 0.4) is 0 Å². The summed E-state index contributed by atoms with van der Waals surface area (Å²) in [6, 6.07) is 11.2. The Morgan fingerprint density at radius 2 is 1.95 bits per heavy atom. The summed E-state index contributed by atoms with van der Waals surface area (Å²) in [5.41, 5.74) is 3.15. The van der Waals surface area contributed by atoms with Crippen molar-refractivity contribution in [2.45, 2.75) is 61.7 Å². The second-order valence-corrected chi connectivity index (χ2v) is 14.5. The zero-order chi connectivity index (χ0) is 28.8. The third-order valence-corrected chi connectivity index (χ3v) is 11.5. The molecule has 4 aliphatic rings. The number of allylic oxidation sites excluding steroid dienone is 1. The average molecular weight is 601 g/mol.